The molecule has 1 aromatic heterocycles. The Morgan fingerprint density at radius 2 is 2.00 bits per heavy atom. The number of rotatable bonds is 1. The van der Waals surface area contributed by atoms with Gasteiger partial charge in [-0.15, -0.1) is 0 Å². The summed E-state index contributed by atoms with van der Waals surface area (Å²) in [5.74, 6) is 0. The van der Waals surface area contributed by atoms with Crippen LogP contribution in [0.4, 0.5) is 0 Å². The zero-order valence-corrected chi connectivity index (χ0v) is 10.0. The molecule has 1 nitrogen and oxygen atoms in total. The monoisotopic (exact) mass is 219 g/mol. The van der Waals surface area contributed by atoms with Gasteiger partial charge in [-0.2, -0.15) is 0 Å². The fourth-order valence-electron chi connectivity index (χ4n) is 1.83. The molecule has 0 bridgehead atoms. The molecule has 2 heteroatoms. The molecule has 0 aliphatic rings. The smallest absolute Gasteiger partial charge is 0.0720 e. The molecule has 0 saturated carbocycles. The lowest BCUT2D eigenvalue weighted by molar-refractivity contribution is 1.03. The number of halogens is 1. The van der Waals surface area contributed by atoms with Crippen molar-refractivity contribution in [1.29, 1.82) is 0 Å². The zero-order chi connectivity index (χ0) is 11.0. The van der Waals surface area contributed by atoms with E-state index >= 15 is 0 Å². The summed E-state index contributed by atoms with van der Waals surface area (Å²) in [7, 11) is 0. The van der Waals surface area contributed by atoms with Gasteiger partial charge >= 0.3 is 0 Å². The number of hydrogen-bond acceptors (Lipinski definition) is 1. The molecule has 1 heterocycles. The first-order chi connectivity index (χ1) is 7.13. The highest BCUT2D eigenvalue weighted by Gasteiger charge is 2.08. The second kappa shape index (κ2) is 3.82. The van der Waals surface area contributed by atoms with Crippen LogP contribution in [0, 0.1) is 13.8 Å². The van der Waals surface area contributed by atoms with E-state index in [1.165, 1.54) is 5.56 Å². The van der Waals surface area contributed by atoms with E-state index in [4.69, 9.17) is 11.6 Å². The number of hydrogen-bond donors (Lipinski definition) is 0. The molecule has 0 N–H and O–H groups in total. The van der Waals surface area contributed by atoms with Crippen molar-refractivity contribution in [2.24, 2.45) is 0 Å². The van der Waals surface area contributed by atoms with E-state index in [1.54, 1.807) is 0 Å². The number of benzene rings is 1. The minimum Gasteiger partial charge on any atom is -0.252 e. The predicted octanol–water partition coefficient (Wildman–Crippen LogP) is 4.07. The Morgan fingerprint density at radius 3 is 2.67 bits per heavy atom. The van der Waals surface area contributed by atoms with E-state index in [-0.39, 0.29) is 0 Å². The third kappa shape index (κ3) is 1.72. The van der Waals surface area contributed by atoms with Gasteiger partial charge in [0.25, 0.3) is 0 Å². The minimum absolute atomic E-state index is 0.848. The molecule has 2 aromatic rings. The van der Waals surface area contributed by atoms with Crippen molar-refractivity contribution in [3.05, 3.63) is 40.0 Å². The lowest BCUT2D eigenvalue weighted by atomic mass is 10.1. The SMILES string of the molecule is CCc1nc2ccc(C)cc2c(Cl)c1C. The van der Waals surface area contributed by atoms with Gasteiger partial charge in [0, 0.05) is 11.1 Å². The third-order valence-corrected chi connectivity index (χ3v) is 3.23. The zero-order valence-electron chi connectivity index (χ0n) is 9.26. The average molecular weight is 220 g/mol. The van der Waals surface area contributed by atoms with Gasteiger partial charge in [0.15, 0.2) is 0 Å². The third-order valence-electron chi connectivity index (χ3n) is 2.74. The fourth-order valence-corrected chi connectivity index (χ4v) is 2.09. The van der Waals surface area contributed by atoms with Gasteiger partial charge in [0.2, 0.25) is 0 Å². The maximum Gasteiger partial charge on any atom is 0.0720 e. The van der Waals surface area contributed by atoms with Crippen LogP contribution in [0.2, 0.25) is 5.02 Å². The Kier molecular flexibility index (Phi) is 2.66. The number of nitrogens with zero attached hydrogens (tertiary/aromatic N) is 1. The molecule has 0 saturated heterocycles. The summed E-state index contributed by atoms with van der Waals surface area (Å²) >= 11 is 6.34. The number of pyridine rings is 1. The van der Waals surface area contributed by atoms with Crippen molar-refractivity contribution in [3.8, 4) is 0 Å². The quantitative estimate of drug-likeness (QED) is 0.705. The molecule has 0 aliphatic heterocycles. The normalized spacial score (nSPS) is 10.9. The number of aromatic nitrogens is 1. The highest BCUT2D eigenvalue weighted by molar-refractivity contribution is 6.36. The summed E-state index contributed by atoms with van der Waals surface area (Å²) in [6.45, 7) is 6.21. The van der Waals surface area contributed by atoms with Crippen LogP contribution in [0.5, 0.6) is 0 Å². The first-order valence-electron chi connectivity index (χ1n) is 5.18. The van der Waals surface area contributed by atoms with Gasteiger partial charge in [0.1, 0.15) is 0 Å². The lowest BCUT2D eigenvalue weighted by Crippen LogP contribution is -1.94. The Bertz CT molecular complexity index is 517. The lowest BCUT2D eigenvalue weighted by Gasteiger charge is -2.09. The standard InChI is InChI=1S/C13H14ClN/c1-4-11-9(3)13(14)10-7-8(2)5-6-12(10)15-11/h5-7H,4H2,1-3H3. The molecule has 0 aliphatic carbocycles. The molecule has 1 aromatic carbocycles. The van der Waals surface area contributed by atoms with Crippen LogP contribution in [0.3, 0.4) is 0 Å². The van der Waals surface area contributed by atoms with Crippen molar-refractivity contribution in [2.45, 2.75) is 27.2 Å². The highest BCUT2D eigenvalue weighted by atomic mass is 35.5. The number of fused-ring (bicyclic) bond motifs is 1. The number of aryl methyl sites for hydroxylation is 2. The summed E-state index contributed by atoms with van der Waals surface area (Å²) in [6, 6.07) is 6.20. The molecule has 15 heavy (non-hydrogen) atoms. The first-order valence-corrected chi connectivity index (χ1v) is 5.56. The van der Waals surface area contributed by atoms with Crippen molar-refractivity contribution >= 4 is 22.5 Å². The molecule has 78 valence electrons. The van der Waals surface area contributed by atoms with Gasteiger partial charge in [0.05, 0.1) is 10.5 Å². The summed E-state index contributed by atoms with van der Waals surface area (Å²) in [5, 5.41) is 1.91. The van der Waals surface area contributed by atoms with E-state index in [0.29, 0.717) is 0 Å². The highest BCUT2D eigenvalue weighted by Crippen LogP contribution is 2.28. The van der Waals surface area contributed by atoms with Gasteiger partial charge < -0.3 is 0 Å². The van der Waals surface area contributed by atoms with Gasteiger partial charge in [-0.3, -0.25) is 4.98 Å². The maximum absolute atomic E-state index is 6.34. The topological polar surface area (TPSA) is 12.9 Å². The van der Waals surface area contributed by atoms with Crippen molar-refractivity contribution < 1.29 is 0 Å². The van der Waals surface area contributed by atoms with Gasteiger partial charge in [-0.1, -0.05) is 30.2 Å². The van der Waals surface area contributed by atoms with E-state index in [0.717, 1.165) is 33.6 Å². The Morgan fingerprint density at radius 1 is 1.27 bits per heavy atom. The van der Waals surface area contributed by atoms with Crippen LogP contribution < -0.4 is 0 Å². The average Bonchev–Trinajstić information content (AvgIpc) is 2.24. The molecule has 2 rings (SSSR count). The summed E-state index contributed by atoms with van der Waals surface area (Å²) < 4.78 is 0. The second-order valence-electron chi connectivity index (χ2n) is 3.87. The molecule has 0 spiro atoms. The van der Waals surface area contributed by atoms with E-state index in [1.807, 2.05) is 13.0 Å². The first kappa shape index (κ1) is 10.4. The van der Waals surface area contributed by atoms with Crippen LogP contribution in [-0.2, 0) is 6.42 Å². The van der Waals surface area contributed by atoms with E-state index in [9.17, 15) is 0 Å². The summed E-state index contributed by atoms with van der Waals surface area (Å²) in [5.41, 5.74) is 4.41. The Hall–Kier alpha value is -1.08. The predicted molar refractivity (Wildman–Crippen MR) is 65.6 cm³/mol. The molecular weight excluding hydrogens is 206 g/mol. The van der Waals surface area contributed by atoms with Crippen molar-refractivity contribution in [1.82, 2.24) is 4.98 Å². The van der Waals surface area contributed by atoms with E-state index in [2.05, 4.69) is 31.0 Å². The molecule has 0 unspecified atom stereocenters. The molecular formula is C13H14ClN. The fraction of sp³-hybridized carbons (Fsp3) is 0.308. The van der Waals surface area contributed by atoms with Crippen molar-refractivity contribution in [3.63, 3.8) is 0 Å². The largest absolute Gasteiger partial charge is 0.252 e. The molecule has 0 amide bonds. The van der Waals surface area contributed by atoms with Gasteiger partial charge in [-0.05, 0) is 38.0 Å². The van der Waals surface area contributed by atoms with Crippen LogP contribution in [-0.4, -0.2) is 4.98 Å². The van der Waals surface area contributed by atoms with Crippen LogP contribution in [0.1, 0.15) is 23.7 Å². The Labute approximate surface area is 95.1 Å². The Balaban J connectivity index is 2.84. The minimum atomic E-state index is 0.848. The molecule has 0 atom stereocenters. The van der Waals surface area contributed by atoms with E-state index < -0.39 is 0 Å². The molecule has 0 fully saturated rings. The van der Waals surface area contributed by atoms with Crippen molar-refractivity contribution in [2.75, 3.05) is 0 Å². The second-order valence-corrected chi connectivity index (χ2v) is 4.25. The van der Waals surface area contributed by atoms with Crippen LogP contribution in [0.25, 0.3) is 10.9 Å². The van der Waals surface area contributed by atoms with Crippen LogP contribution in [0.15, 0.2) is 18.2 Å². The maximum atomic E-state index is 6.34. The molecule has 0 radical (unpaired) electrons. The van der Waals surface area contributed by atoms with Gasteiger partial charge in [-0.25, -0.2) is 0 Å². The summed E-state index contributed by atoms with van der Waals surface area (Å²) in [4.78, 5) is 4.61. The van der Waals surface area contributed by atoms with Crippen LogP contribution >= 0.6 is 11.6 Å². The summed E-state index contributed by atoms with van der Waals surface area (Å²) in [6.07, 6.45) is 0.926.